The first-order valence-corrected chi connectivity index (χ1v) is 6.91. The van der Waals surface area contributed by atoms with E-state index < -0.39 is 61.4 Å². The summed E-state index contributed by atoms with van der Waals surface area (Å²) in [6.07, 6.45) is -10.3. The summed E-state index contributed by atoms with van der Waals surface area (Å²) < 4.78 is 10.1. The number of aliphatic hydroxyl groups excluding tert-OH is 5. The Balaban J connectivity index is 1.86. The molecule has 10 nitrogen and oxygen atoms in total. The summed E-state index contributed by atoms with van der Waals surface area (Å²) in [4.78, 5) is 9.46. The molecule has 0 saturated carbocycles. The Morgan fingerprint density at radius 3 is 2.09 bits per heavy atom. The monoisotopic (exact) mass is 326 g/mol. The lowest BCUT2D eigenvalue weighted by Crippen LogP contribution is -2.57. The van der Waals surface area contributed by atoms with Crippen molar-refractivity contribution in [3.63, 3.8) is 0 Å². The molecule has 0 spiro atoms. The van der Waals surface area contributed by atoms with Crippen molar-refractivity contribution in [2.45, 2.75) is 68.7 Å². The second-order valence-electron chi connectivity index (χ2n) is 5.64. The molecule has 22 heavy (non-hydrogen) atoms. The normalized spacial score (nSPS) is 52.9. The van der Waals surface area contributed by atoms with Gasteiger partial charge in [0.15, 0.2) is 0 Å². The van der Waals surface area contributed by atoms with Crippen LogP contribution in [-0.4, -0.2) is 92.1 Å². The summed E-state index contributed by atoms with van der Waals surface area (Å²) in [7, 11) is 0. The average molecular weight is 326 g/mol. The van der Waals surface area contributed by atoms with E-state index in [-0.39, 0.29) is 0 Å². The predicted molar refractivity (Wildman–Crippen MR) is 66.9 cm³/mol. The minimum absolute atomic E-state index is 0.671. The van der Waals surface area contributed by atoms with Gasteiger partial charge in [-0.05, 0) is 13.8 Å². The van der Waals surface area contributed by atoms with Crippen LogP contribution in [-0.2, 0) is 19.2 Å². The fourth-order valence-corrected chi connectivity index (χ4v) is 2.38. The highest BCUT2D eigenvalue weighted by Gasteiger charge is 2.52. The van der Waals surface area contributed by atoms with E-state index in [2.05, 4.69) is 0 Å². The van der Waals surface area contributed by atoms with Gasteiger partial charge < -0.3 is 40.1 Å². The number of hydrogen-bond acceptors (Lipinski definition) is 10. The molecule has 10 heteroatoms. The molecule has 0 aromatic carbocycles. The Kier molecular flexibility index (Phi) is 5.39. The van der Waals surface area contributed by atoms with Crippen molar-refractivity contribution in [1.82, 2.24) is 0 Å². The highest BCUT2D eigenvalue weighted by Crippen LogP contribution is 2.30. The molecule has 2 fully saturated rings. The van der Waals surface area contributed by atoms with Crippen LogP contribution in [0.4, 0.5) is 0 Å². The van der Waals surface area contributed by atoms with E-state index in [0.717, 1.165) is 0 Å². The molecule has 6 N–H and O–H groups in total. The molecule has 2 saturated heterocycles. The molecule has 2 aliphatic rings. The van der Waals surface area contributed by atoms with Crippen molar-refractivity contribution < 1.29 is 49.9 Å². The summed E-state index contributed by atoms with van der Waals surface area (Å²) in [5, 5.41) is 58.0. The molecule has 130 valence electrons. The molecule has 0 unspecified atom stereocenters. The SMILES string of the molecule is C[C@H]1O[C@](O)(COO[C@H]2O[C@H](C)[C@@H](O)[C@H](O)[C@H]2O)[C@@H](O)[C@@H]1O. The minimum atomic E-state index is -2.18. The fraction of sp³-hybridized carbons (Fsp3) is 1.00. The first-order chi connectivity index (χ1) is 10.2. The van der Waals surface area contributed by atoms with Gasteiger partial charge in [0.05, 0.1) is 12.2 Å². The van der Waals surface area contributed by atoms with E-state index in [4.69, 9.17) is 19.2 Å². The quantitative estimate of drug-likeness (QED) is 0.227. The molecular weight excluding hydrogens is 304 g/mol. The van der Waals surface area contributed by atoms with Crippen LogP contribution in [0.2, 0.25) is 0 Å². The molecule has 9 atom stereocenters. The second-order valence-corrected chi connectivity index (χ2v) is 5.64. The van der Waals surface area contributed by atoms with Crippen LogP contribution in [0, 0.1) is 0 Å². The Hall–Kier alpha value is -0.400. The van der Waals surface area contributed by atoms with Crippen molar-refractivity contribution in [2.24, 2.45) is 0 Å². The Labute approximate surface area is 126 Å². The second kappa shape index (κ2) is 6.61. The van der Waals surface area contributed by atoms with Crippen molar-refractivity contribution in [1.29, 1.82) is 0 Å². The molecule has 2 rings (SSSR count). The van der Waals surface area contributed by atoms with Crippen LogP contribution in [0.1, 0.15) is 13.8 Å². The Morgan fingerprint density at radius 1 is 0.909 bits per heavy atom. The van der Waals surface area contributed by atoms with E-state index >= 15 is 0 Å². The van der Waals surface area contributed by atoms with E-state index in [9.17, 15) is 30.6 Å². The first kappa shape index (κ1) is 17.9. The summed E-state index contributed by atoms with van der Waals surface area (Å²) in [5.74, 6) is -2.18. The summed E-state index contributed by atoms with van der Waals surface area (Å²) in [5.41, 5.74) is 0. The molecule has 0 radical (unpaired) electrons. The molecule has 0 amide bonds. The third-order valence-corrected chi connectivity index (χ3v) is 3.89. The Bertz CT molecular complexity index is 381. The smallest absolute Gasteiger partial charge is 0.222 e. The van der Waals surface area contributed by atoms with Crippen molar-refractivity contribution in [2.75, 3.05) is 6.61 Å². The summed E-state index contributed by atoms with van der Waals surface area (Å²) in [6, 6.07) is 0. The van der Waals surface area contributed by atoms with Gasteiger partial charge in [0.1, 0.15) is 37.1 Å². The molecule has 2 heterocycles. The molecular formula is C12H22O10. The third-order valence-electron chi connectivity index (χ3n) is 3.89. The van der Waals surface area contributed by atoms with E-state index in [1.807, 2.05) is 0 Å². The topological polar surface area (TPSA) is 158 Å². The summed E-state index contributed by atoms with van der Waals surface area (Å²) in [6.45, 7) is 2.25. The van der Waals surface area contributed by atoms with Crippen LogP contribution in [0.15, 0.2) is 0 Å². The van der Waals surface area contributed by atoms with Crippen LogP contribution in [0.25, 0.3) is 0 Å². The number of hydrogen-bond donors (Lipinski definition) is 6. The number of aliphatic hydroxyl groups is 6. The maximum absolute atomic E-state index is 10.0. The van der Waals surface area contributed by atoms with Crippen molar-refractivity contribution >= 4 is 0 Å². The fourth-order valence-electron chi connectivity index (χ4n) is 2.38. The maximum Gasteiger partial charge on any atom is 0.222 e. The Morgan fingerprint density at radius 2 is 1.55 bits per heavy atom. The maximum atomic E-state index is 10.0. The molecule has 0 bridgehead atoms. The van der Waals surface area contributed by atoms with Gasteiger partial charge in [-0.2, -0.15) is 0 Å². The highest BCUT2D eigenvalue weighted by atomic mass is 17.2. The zero-order valence-corrected chi connectivity index (χ0v) is 12.1. The lowest BCUT2D eigenvalue weighted by Gasteiger charge is -2.38. The zero-order valence-electron chi connectivity index (χ0n) is 12.1. The van der Waals surface area contributed by atoms with E-state index in [1.54, 1.807) is 0 Å². The lowest BCUT2D eigenvalue weighted by molar-refractivity contribution is -0.443. The molecule has 0 aliphatic carbocycles. The van der Waals surface area contributed by atoms with Gasteiger partial charge in [-0.25, -0.2) is 9.78 Å². The van der Waals surface area contributed by atoms with Crippen LogP contribution in [0.3, 0.4) is 0 Å². The number of ether oxygens (including phenoxy) is 2. The van der Waals surface area contributed by atoms with Gasteiger partial charge in [-0.3, -0.25) is 0 Å². The van der Waals surface area contributed by atoms with Gasteiger partial charge in [-0.1, -0.05) is 0 Å². The van der Waals surface area contributed by atoms with Gasteiger partial charge in [0.2, 0.25) is 12.1 Å². The van der Waals surface area contributed by atoms with Gasteiger partial charge in [-0.15, -0.1) is 0 Å². The van der Waals surface area contributed by atoms with Crippen LogP contribution >= 0.6 is 0 Å². The standard InChI is InChI=1S/C12H22O10/c1-4-6(13)8(15)9(16)11(20-4)22-19-3-12(18)10(17)7(14)5(2)21-12/h4-11,13-18H,3H2,1-2H3/t4-,5-,6-,7-,8+,9-,10+,11-,12-/m1/s1. The van der Waals surface area contributed by atoms with Gasteiger partial charge in [0, 0.05) is 0 Å². The van der Waals surface area contributed by atoms with E-state index in [1.165, 1.54) is 13.8 Å². The summed E-state index contributed by atoms with van der Waals surface area (Å²) >= 11 is 0. The van der Waals surface area contributed by atoms with Crippen molar-refractivity contribution in [3.05, 3.63) is 0 Å². The predicted octanol–water partition coefficient (Wildman–Crippen LogP) is -3.41. The number of rotatable bonds is 4. The van der Waals surface area contributed by atoms with Crippen molar-refractivity contribution in [3.8, 4) is 0 Å². The van der Waals surface area contributed by atoms with Crippen LogP contribution in [0.5, 0.6) is 0 Å². The minimum Gasteiger partial charge on any atom is -0.388 e. The van der Waals surface area contributed by atoms with E-state index in [0.29, 0.717) is 0 Å². The lowest BCUT2D eigenvalue weighted by atomic mass is 10.0. The highest BCUT2D eigenvalue weighted by molar-refractivity contribution is 4.93. The van der Waals surface area contributed by atoms with Crippen LogP contribution < -0.4 is 0 Å². The molecule has 2 aliphatic heterocycles. The van der Waals surface area contributed by atoms with Gasteiger partial charge in [0.25, 0.3) is 0 Å². The first-order valence-electron chi connectivity index (χ1n) is 6.91. The third kappa shape index (κ3) is 3.26. The average Bonchev–Trinajstić information content (AvgIpc) is 2.66. The molecule has 0 aromatic heterocycles. The largest absolute Gasteiger partial charge is 0.388 e. The molecule has 0 aromatic rings. The van der Waals surface area contributed by atoms with Gasteiger partial charge >= 0.3 is 0 Å². The zero-order chi connectivity index (χ0) is 16.7.